The van der Waals surface area contributed by atoms with Crippen LogP contribution in [0.15, 0.2) is 24.3 Å². The van der Waals surface area contributed by atoms with Gasteiger partial charge in [-0.15, -0.1) is 0 Å². The van der Waals surface area contributed by atoms with Crippen molar-refractivity contribution in [3.05, 3.63) is 29.8 Å². The number of piperidine rings is 1. The lowest BCUT2D eigenvalue weighted by Gasteiger charge is -2.35. The normalized spacial score (nSPS) is 21.0. The van der Waals surface area contributed by atoms with E-state index < -0.39 is 6.10 Å². The van der Waals surface area contributed by atoms with E-state index in [0.717, 1.165) is 77.6 Å². The molecule has 2 aliphatic heterocycles. The van der Waals surface area contributed by atoms with E-state index in [-0.39, 0.29) is 25.5 Å². The number of unbranched alkanes of at least 4 members (excludes halogenated alkanes) is 1. The molecule has 1 aromatic carbocycles. The molecule has 3 rings (SSSR count). The lowest BCUT2D eigenvalue weighted by atomic mass is 9.94. The summed E-state index contributed by atoms with van der Waals surface area (Å²) in [6.45, 7) is 7.50. The number of aliphatic hydroxyl groups excluding tert-OH is 2. The number of nitrogens with zero attached hydrogens (tertiary/aromatic N) is 2. The quantitative estimate of drug-likeness (QED) is 0.302. The van der Waals surface area contributed by atoms with E-state index in [2.05, 4.69) is 15.9 Å². The Bertz CT molecular complexity index is 637. The van der Waals surface area contributed by atoms with Gasteiger partial charge in [-0.1, -0.05) is 18.2 Å². The third-order valence-electron chi connectivity index (χ3n) is 5.64. The number of para-hydroxylation sites is 1. The van der Waals surface area contributed by atoms with E-state index in [4.69, 9.17) is 29.3 Å². The maximum absolute atomic E-state index is 10.1. The molecule has 188 valence electrons. The SMILES string of the molecule is O=CO.O=CO.OC[C@H]1CCN(Cc2ccccc2OCCCCN2CCOCC2)C[C@H]1O. The standard InChI is InChI=1S/C21H34N2O4.2CH2O2/c24-17-19-7-9-23(16-20(19)25)15-18-5-1-2-6-21(18)27-12-4-3-8-22-10-13-26-14-11-22;2*2-1-3/h1-2,5-6,19-20,24-25H,3-4,7-17H2;2*1H,(H,2,3)/t19-,20-;;/m1../s1. The molecule has 2 aliphatic rings. The summed E-state index contributed by atoms with van der Waals surface area (Å²) in [5.74, 6) is 0.960. The summed E-state index contributed by atoms with van der Waals surface area (Å²) in [6, 6.07) is 8.19. The average Bonchev–Trinajstić information content (AvgIpc) is 2.82. The van der Waals surface area contributed by atoms with Crippen molar-refractivity contribution in [2.24, 2.45) is 5.92 Å². The van der Waals surface area contributed by atoms with E-state index in [0.29, 0.717) is 6.54 Å². The number of β-amino-alcohol motifs (C(OH)–C–C–N with tert-alkyl or cyclic N) is 1. The molecule has 4 N–H and O–H groups in total. The fourth-order valence-electron chi connectivity index (χ4n) is 3.86. The molecule has 0 spiro atoms. The smallest absolute Gasteiger partial charge is 0.290 e. The van der Waals surface area contributed by atoms with Crippen LogP contribution < -0.4 is 4.74 Å². The zero-order chi connectivity index (χ0) is 24.3. The summed E-state index contributed by atoms with van der Waals surface area (Å²) >= 11 is 0. The number of carboxylic acid groups (broad SMARTS) is 2. The maximum atomic E-state index is 10.1. The molecule has 2 heterocycles. The Hall–Kier alpha value is -2.24. The fourth-order valence-corrected chi connectivity index (χ4v) is 3.86. The molecule has 0 bridgehead atoms. The van der Waals surface area contributed by atoms with Crippen LogP contribution in [0, 0.1) is 5.92 Å². The van der Waals surface area contributed by atoms with Gasteiger partial charge in [0.15, 0.2) is 0 Å². The monoisotopic (exact) mass is 470 g/mol. The Labute approximate surface area is 195 Å². The van der Waals surface area contributed by atoms with Crippen LogP contribution in [0.1, 0.15) is 24.8 Å². The first kappa shape index (κ1) is 28.8. The zero-order valence-corrected chi connectivity index (χ0v) is 19.1. The van der Waals surface area contributed by atoms with E-state index in [9.17, 15) is 10.2 Å². The van der Waals surface area contributed by atoms with Gasteiger partial charge in [0.05, 0.1) is 25.9 Å². The van der Waals surface area contributed by atoms with Gasteiger partial charge in [-0.2, -0.15) is 0 Å². The molecule has 0 aromatic heterocycles. The number of aliphatic hydroxyl groups is 2. The molecule has 2 fully saturated rings. The second-order valence-electron chi connectivity index (χ2n) is 7.86. The van der Waals surface area contributed by atoms with Gasteiger partial charge >= 0.3 is 0 Å². The number of carbonyl (C=O) groups is 2. The number of likely N-dealkylation sites (tertiary alicyclic amines) is 1. The van der Waals surface area contributed by atoms with Crippen molar-refractivity contribution in [1.82, 2.24) is 9.80 Å². The predicted molar refractivity (Wildman–Crippen MR) is 122 cm³/mol. The number of benzene rings is 1. The highest BCUT2D eigenvalue weighted by molar-refractivity contribution is 5.33. The highest BCUT2D eigenvalue weighted by Gasteiger charge is 2.27. The van der Waals surface area contributed by atoms with Crippen LogP contribution in [-0.2, 0) is 20.9 Å². The molecule has 33 heavy (non-hydrogen) atoms. The van der Waals surface area contributed by atoms with Gasteiger partial charge in [0, 0.05) is 44.3 Å². The summed E-state index contributed by atoms with van der Waals surface area (Å²) in [4.78, 5) is 21.4. The summed E-state index contributed by atoms with van der Waals surface area (Å²) in [5.41, 5.74) is 1.17. The summed E-state index contributed by atoms with van der Waals surface area (Å²) in [5, 5.41) is 33.2. The molecule has 0 aliphatic carbocycles. The minimum absolute atomic E-state index is 0.0132. The van der Waals surface area contributed by atoms with Crippen molar-refractivity contribution in [3.8, 4) is 5.75 Å². The van der Waals surface area contributed by atoms with Crippen molar-refractivity contribution in [2.45, 2.75) is 31.9 Å². The first-order chi connectivity index (χ1) is 16.1. The lowest BCUT2D eigenvalue weighted by molar-refractivity contribution is -0.123. The Kier molecular flexibility index (Phi) is 15.9. The van der Waals surface area contributed by atoms with Gasteiger partial charge in [-0.3, -0.25) is 19.4 Å². The van der Waals surface area contributed by atoms with Crippen molar-refractivity contribution in [1.29, 1.82) is 0 Å². The van der Waals surface area contributed by atoms with Crippen molar-refractivity contribution >= 4 is 12.9 Å². The molecule has 0 amide bonds. The van der Waals surface area contributed by atoms with Gasteiger partial charge in [0.1, 0.15) is 5.75 Å². The largest absolute Gasteiger partial charge is 0.493 e. The Morgan fingerprint density at radius 3 is 2.33 bits per heavy atom. The van der Waals surface area contributed by atoms with Gasteiger partial charge in [0.25, 0.3) is 12.9 Å². The van der Waals surface area contributed by atoms with Gasteiger partial charge < -0.3 is 29.9 Å². The fraction of sp³-hybridized carbons (Fsp3) is 0.652. The maximum Gasteiger partial charge on any atom is 0.290 e. The highest BCUT2D eigenvalue weighted by Crippen LogP contribution is 2.24. The highest BCUT2D eigenvalue weighted by atomic mass is 16.5. The van der Waals surface area contributed by atoms with Gasteiger partial charge in [-0.05, 0) is 38.4 Å². The molecule has 0 radical (unpaired) electrons. The lowest BCUT2D eigenvalue weighted by Crippen LogP contribution is -2.44. The number of rotatable bonds is 9. The predicted octanol–water partition coefficient (Wildman–Crippen LogP) is 0.755. The van der Waals surface area contributed by atoms with Crippen molar-refractivity contribution in [2.75, 3.05) is 59.2 Å². The molecule has 10 heteroatoms. The molecule has 1 aromatic rings. The molecule has 10 nitrogen and oxygen atoms in total. The van der Waals surface area contributed by atoms with E-state index in [1.807, 2.05) is 18.2 Å². The van der Waals surface area contributed by atoms with Crippen LogP contribution >= 0.6 is 0 Å². The summed E-state index contributed by atoms with van der Waals surface area (Å²) in [7, 11) is 0. The van der Waals surface area contributed by atoms with Crippen LogP contribution in [-0.4, -0.2) is 108 Å². The number of hydrogen-bond donors (Lipinski definition) is 4. The van der Waals surface area contributed by atoms with E-state index >= 15 is 0 Å². The van der Waals surface area contributed by atoms with Crippen LogP contribution in [0.4, 0.5) is 0 Å². The van der Waals surface area contributed by atoms with Crippen molar-refractivity contribution in [3.63, 3.8) is 0 Å². The van der Waals surface area contributed by atoms with Gasteiger partial charge in [-0.25, -0.2) is 0 Å². The molecule has 0 unspecified atom stereocenters. The molecule has 2 atom stereocenters. The van der Waals surface area contributed by atoms with Crippen LogP contribution in [0.5, 0.6) is 5.75 Å². The van der Waals surface area contributed by atoms with E-state index in [1.54, 1.807) is 0 Å². The Morgan fingerprint density at radius 2 is 1.70 bits per heavy atom. The molecule has 2 saturated heterocycles. The molecular formula is C23H38N2O8. The third-order valence-corrected chi connectivity index (χ3v) is 5.64. The second kappa shape index (κ2) is 18.2. The molecule has 0 saturated carbocycles. The minimum Gasteiger partial charge on any atom is -0.493 e. The zero-order valence-electron chi connectivity index (χ0n) is 19.1. The number of morpholine rings is 1. The van der Waals surface area contributed by atoms with Gasteiger partial charge in [0.2, 0.25) is 0 Å². The van der Waals surface area contributed by atoms with Crippen LogP contribution in [0.25, 0.3) is 0 Å². The topological polar surface area (TPSA) is 140 Å². The summed E-state index contributed by atoms with van der Waals surface area (Å²) < 4.78 is 11.4. The summed E-state index contributed by atoms with van der Waals surface area (Å²) in [6.07, 6.45) is 2.58. The van der Waals surface area contributed by atoms with Crippen LogP contribution in [0.2, 0.25) is 0 Å². The van der Waals surface area contributed by atoms with Crippen molar-refractivity contribution < 1.29 is 39.5 Å². The van der Waals surface area contributed by atoms with Crippen LogP contribution in [0.3, 0.4) is 0 Å². The first-order valence-electron chi connectivity index (χ1n) is 11.3. The van der Waals surface area contributed by atoms with E-state index in [1.165, 1.54) is 5.56 Å². The second-order valence-corrected chi connectivity index (χ2v) is 7.86. The minimum atomic E-state index is -0.447. The first-order valence-corrected chi connectivity index (χ1v) is 11.3. The third kappa shape index (κ3) is 12.0. The molecular weight excluding hydrogens is 432 g/mol. The average molecular weight is 471 g/mol. The Balaban J connectivity index is 0.000000819. The number of ether oxygens (including phenoxy) is 2. The number of hydrogen-bond acceptors (Lipinski definition) is 8. The Morgan fingerprint density at radius 1 is 1.03 bits per heavy atom.